The lowest BCUT2D eigenvalue weighted by Gasteiger charge is -2.04. The van der Waals surface area contributed by atoms with E-state index in [1.165, 1.54) is 18.2 Å². The first-order valence-electron chi connectivity index (χ1n) is 4.55. The van der Waals surface area contributed by atoms with Crippen molar-refractivity contribution in [3.8, 4) is 5.75 Å². The molecule has 0 radical (unpaired) electrons. The van der Waals surface area contributed by atoms with Crippen molar-refractivity contribution in [3.63, 3.8) is 0 Å². The molecule has 0 aliphatic carbocycles. The highest BCUT2D eigenvalue weighted by Crippen LogP contribution is 2.17. The highest BCUT2D eigenvalue weighted by atomic mass is 16.4. The second-order valence-electron chi connectivity index (χ2n) is 3.32. The number of aromatic hydroxyl groups is 1. The van der Waals surface area contributed by atoms with E-state index in [-0.39, 0.29) is 24.4 Å². The van der Waals surface area contributed by atoms with E-state index in [4.69, 9.17) is 10.2 Å². The number of ketones is 1. The predicted molar refractivity (Wildman–Crippen MR) is 54.0 cm³/mol. The van der Waals surface area contributed by atoms with Gasteiger partial charge in [0.25, 0.3) is 0 Å². The van der Waals surface area contributed by atoms with Crippen LogP contribution in [0.2, 0.25) is 0 Å². The van der Waals surface area contributed by atoms with Gasteiger partial charge in [0.2, 0.25) is 0 Å². The number of benzene rings is 1. The molecule has 15 heavy (non-hydrogen) atoms. The fourth-order valence-corrected chi connectivity index (χ4v) is 1.32. The quantitative estimate of drug-likeness (QED) is 0.739. The molecule has 0 aliphatic heterocycles. The maximum absolute atomic E-state index is 11.5. The van der Waals surface area contributed by atoms with Crippen molar-refractivity contribution < 1.29 is 19.8 Å². The van der Waals surface area contributed by atoms with Crippen LogP contribution in [-0.4, -0.2) is 22.0 Å². The molecule has 0 bridgehead atoms. The van der Waals surface area contributed by atoms with Gasteiger partial charge < -0.3 is 10.2 Å². The lowest BCUT2D eigenvalue weighted by atomic mass is 10.0. The van der Waals surface area contributed by atoms with Gasteiger partial charge in [0.1, 0.15) is 5.75 Å². The van der Waals surface area contributed by atoms with Crippen LogP contribution in [0.4, 0.5) is 0 Å². The summed E-state index contributed by atoms with van der Waals surface area (Å²) >= 11 is 0. The summed E-state index contributed by atoms with van der Waals surface area (Å²) in [5, 5.41) is 17.6. The Morgan fingerprint density at radius 2 is 1.93 bits per heavy atom. The van der Waals surface area contributed by atoms with Gasteiger partial charge in [-0.15, -0.1) is 0 Å². The second-order valence-corrected chi connectivity index (χ2v) is 3.32. The molecule has 80 valence electrons. The predicted octanol–water partition coefficient (Wildman–Crippen LogP) is 1.75. The molecule has 1 aromatic rings. The molecule has 1 aromatic carbocycles. The van der Waals surface area contributed by atoms with Gasteiger partial charge in [-0.3, -0.25) is 9.59 Å². The van der Waals surface area contributed by atoms with Crippen LogP contribution in [0.5, 0.6) is 5.75 Å². The van der Waals surface area contributed by atoms with E-state index in [1.807, 2.05) is 0 Å². The van der Waals surface area contributed by atoms with Crippen LogP contribution in [0, 0.1) is 6.92 Å². The number of hydrogen-bond acceptors (Lipinski definition) is 3. The van der Waals surface area contributed by atoms with Crippen molar-refractivity contribution in [3.05, 3.63) is 29.3 Å². The third-order valence-electron chi connectivity index (χ3n) is 2.08. The van der Waals surface area contributed by atoms with Crippen molar-refractivity contribution in [2.75, 3.05) is 0 Å². The number of carbonyl (C=O) groups is 2. The first-order chi connectivity index (χ1) is 7.00. The number of phenols is 1. The molecule has 0 unspecified atom stereocenters. The van der Waals surface area contributed by atoms with E-state index in [0.717, 1.165) is 0 Å². The Morgan fingerprint density at radius 1 is 1.27 bits per heavy atom. The van der Waals surface area contributed by atoms with Gasteiger partial charge in [-0.05, 0) is 30.7 Å². The zero-order chi connectivity index (χ0) is 11.4. The fourth-order valence-electron chi connectivity index (χ4n) is 1.32. The van der Waals surface area contributed by atoms with E-state index in [2.05, 4.69) is 0 Å². The molecular weight excluding hydrogens is 196 g/mol. The third kappa shape index (κ3) is 3.09. The van der Waals surface area contributed by atoms with Crippen LogP contribution < -0.4 is 0 Å². The van der Waals surface area contributed by atoms with Gasteiger partial charge >= 0.3 is 5.97 Å². The molecule has 0 saturated heterocycles. The SMILES string of the molecule is Cc1cc(O)ccc1C(=O)CCC(=O)O. The number of rotatable bonds is 4. The molecular formula is C11H12O4. The Morgan fingerprint density at radius 3 is 2.47 bits per heavy atom. The summed E-state index contributed by atoms with van der Waals surface area (Å²) in [5.41, 5.74) is 1.12. The van der Waals surface area contributed by atoms with Crippen LogP contribution in [0.25, 0.3) is 0 Å². The lowest BCUT2D eigenvalue weighted by molar-refractivity contribution is -0.136. The van der Waals surface area contributed by atoms with Crippen molar-refractivity contribution in [1.82, 2.24) is 0 Å². The van der Waals surface area contributed by atoms with Crippen molar-refractivity contribution >= 4 is 11.8 Å². The monoisotopic (exact) mass is 208 g/mol. The summed E-state index contributed by atoms with van der Waals surface area (Å²) < 4.78 is 0. The first-order valence-corrected chi connectivity index (χ1v) is 4.55. The zero-order valence-corrected chi connectivity index (χ0v) is 8.36. The summed E-state index contributed by atoms with van der Waals surface area (Å²) in [6.45, 7) is 1.70. The third-order valence-corrected chi connectivity index (χ3v) is 2.08. The van der Waals surface area contributed by atoms with Gasteiger partial charge in [0.15, 0.2) is 5.78 Å². The van der Waals surface area contributed by atoms with Gasteiger partial charge in [0.05, 0.1) is 6.42 Å². The first kappa shape index (κ1) is 11.2. The molecule has 0 aliphatic rings. The van der Waals surface area contributed by atoms with Crippen LogP contribution >= 0.6 is 0 Å². The Balaban J connectivity index is 2.78. The maximum Gasteiger partial charge on any atom is 0.303 e. The minimum Gasteiger partial charge on any atom is -0.508 e. The summed E-state index contributed by atoms with van der Waals surface area (Å²) in [7, 11) is 0. The number of aliphatic carboxylic acids is 1. The van der Waals surface area contributed by atoms with Crippen molar-refractivity contribution in [2.45, 2.75) is 19.8 Å². The average molecular weight is 208 g/mol. The molecule has 0 spiro atoms. The summed E-state index contributed by atoms with van der Waals surface area (Å²) in [6.07, 6.45) is -0.180. The Kier molecular flexibility index (Phi) is 3.44. The normalized spacial score (nSPS) is 9.93. The van der Waals surface area contributed by atoms with Crippen LogP contribution in [0.15, 0.2) is 18.2 Å². The Labute approximate surface area is 87.2 Å². The van der Waals surface area contributed by atoms with E-state index in [0.29, 0.717) is 11.1 Å². The topological polar surface area (TPSA) is 74.6 Å². The zero-order valence-electron chi connectivity index (χ0n) is 8.36. The highest BCUT2D eigenvalue weighted by Gasteiger charge is 2.10. The second kappa shape index (κ2) is 4.59. The molecule has 4 nitrogen and oxygen atoms in total. The van der Waals surface area contributed by atoms with Crippen molar-refractivity contribution in [2.24, 2.45) is 0 Å². The van der Waals surface area contributed by atoms with Crippen LogP contribution in [0.1, 0.15) is 28.8 Å². The largest absolute Gasteiger partial charge is 0.508 e. The number of carbonyl (C=O) groups excluding carboxylic acids is 1. The summed E-state index contributed by atoms with van der Waals surface area (Å²) in [6, 6.07) is 4.41. The number of carboxylic acids is 1. The van der Waals surface area contributed by atoms with Gasteiger partial charge in [-0.1, -0.05) is 0 Å². The fraction of sp³-hybridized carbons (Fsp3) is 0.273. The van der Waals surface area contributed by atoms with E-state index in [9.17, 15) is 9.59 Å². The number of carboxylic acid groups (broad SMARTS) is 1. The Bertz CT molecular complexity index is 396. The molecule has 0 fully saturated rings. The van der Waals surface area contributed by atoms with Gasteiger partial charge in [-0.25, -0.2) is 0 Å². The highest BCUT2D eigenvalue weighted by molar-refractivity contribution is 5.98. The molecule has 4 heteroatoms. The molecule has 1 rings (SSSR count). The number of Topliss-reactive ketones (excluding diaryl/α,β-unsaturated/α-hetero) is 1. The maximum atomic E-state index is 11.5. The molecule has 0 amide bonds. The number of hydrogen-bond donors (Lipinski definition) is 2. The minimum absolute atomic E-state index is 0.0129. The Hall–Kier alpha value is -1.84. The molecule has 0 atom stereocenters. The van der Waals surface area contributed by atoms with Crippen molar-refractivity contribution in [1.29, 1.82) is 0 Å². The van der Waals surface area contributed by atoms with E-state index in [1.54, 1.807) is 6.92 Å². The number of aryl methyl sites for hydroxylation is 1. The van der Waals surface area contributed by atoms with E-state index < -0.39 is 5.97 Å². The van der Waals surface area contributed by atoms with Crippen LogP contribution in [0.3, 0.4) is 0 Å². The molecule has 0 aromatic heterocycles. The summed E-state index contributed by atoms with van der Waals surface area (Å²) in [4.78, 5) is 21.8. The number of phenolic OH excluding ortho intramolecular Hbond substituents is 1. The standard InChI is InChI=1S/C11H12O4/c1-7-6-8(12)2-3-9(7)10(13)4-5-11(14)15/h2-3,6,12H,4-5H2,1H3,(H,14,15). The minimum atomic E-state index is -0.986. The van der Waals surface area contributed by atoms with Gasteiger partial charge in [0, 0.05) is 12.0 Å². The molecule has 0 saturated carbocycles. The van der Waals surface area contributed by atoms with Crippen LogP contribution in [-0.2, 0) is 4.79 Å². The smallest absolute Gasteiger partial charge is 0.303 e. The van der Waals surface area contributed by atoms with E-state index >= 15 is 0 Å². The molecule has 0 heterocycles. The summed E-state index contributed by atoms with van der Waals surface area (Å²) in [5.74, 6) is -1.10. The molecule has 2 N–H and O–H groups in total. The lowest BCUT2D eigenvalue weighted by Crippen LogP contribution is -2.05. The van der Waals surface area contributed by atoms with Gasteiger partial charge in [-0.2, -0.15) is 0 Å². The average Bonchev–Trinajstić information content (AvgIpc) is 2.14.